The van der Waals surface area contributed by atoms with Gasteiger partial charge in [0.05, 0.1) is 16.8 Å². The third kappa shape index (κ3) is 4.79. The SMILES string of the molecule is CCCS(=O)(=O)N1CCN(CCNC(=O)c2cncc3cccnc23)CC1. The minimum absolute atomic E-state index is 0.198. The van der Waals surface area contributed by atoms with Gasteiger partial charge in [-0.05, 0) is 18.6 Å². The fraction of sp³-hybridized carbons (Fsp3) is 0.500. The Morgan fingerprint density at radius 2 is 2.00 bits per heavy atom. The summed E-state index contributed by atoms with van der Waals surface area (Å²) in [5.74, 6) is 0.00634. The molecule has 1 aliphatic heterocycles. The number of fused-ring (bicyclic) bond motifs is 1. The molecule has 1 N–H and O–H groups in total. The monoisotopic (exact) mass is 391 g/mol. The molecule has 27 heavy (non-hydrogen) atoms. The molecule has 2 aromatic heterocycles. The van der Waals surface area contributed by atoms with E-state index in [0.717, 1.165) is 5.39 Å². The second kappa shape index (κ2) is 8.73. The first-order valence-electron chi connectivity index (χ1n) is 9.18. The van der Waals surface area contributed by atoms with Crippen molar-refractivity contribution in [3.05, 3.63) is 36.3 Å². The lowest BCUT2D eigenvalue weighted by molar-refractivity contribution is 0.0946. The van der Waals surface area contributed by atoms with Crippen LogP contribution in [0.5, 0.6) is 0 Å². The average Bonchev–Trinajstić information content (AvgIpc) is 2.68. The van der Waals surface area contributed by atoms with Gasteiger partial charge in [-0.3, -0.25) is 19.7 Å². The van der Waals surface area contributed by atoms with Crippen LogP contribution in [0.1, 0.15) is 23.7 Å². The van der Waals surface area contributed by atoms with E-state index in [0.29, 0.717) is 56.8 Å². The molecule has 1 saturated heterocycles. The maximum Gasteiger partial charge on any atom is 0.255 e. The van der Waals surface area contributed by atoms with Gasteiger partial charge in [-0.1, -0.05) is 6.92 Å². The van der Waals surface area contributed by atoms with Gasteiger partial charge in [-0.25, -0.2) is 8.42 Å². The minimum Gasteiger partial charge on any atom is -0.351 e. The van der Waals surface area contributed by atoms with E-state index in [9.17, 15) is 13.2 Å². The van der Waals surface area contributed by atoms with Crippen molar-refractivity contribution >= 4 is 26.8 Å². The molecule has 0 radical (unpaired) electrons. The van der Waals surface area contributed by atoms with Crippen LogP contribution in [-0.2, 0) is 10.0 Å². The molecule has 0 atom stereocenters. The second-order valence-corrected chi connectivity index (χ2v) is 8.66. The molecule has 3 heterocycles. The van der Waals surface area contributed by atoms with Gasteiger partial charge in [0.2, 0.25) is 10.0 Å². The van der Waals surface area contributed by atoms with Gasteiger partial charge in [0, 0.05) is 63.2 Å². The lowest BCUT2D eigenvalue weighted by atomic mass is 10.2. The Balaban J connectivity index is 1.49. The normalized spacial score (nSPS) is 16.5. The predicted octanol–water partition coefficient (Wildman–Crippen LogP) is 0.717. The fourth-order valence-electron chi connectivity index (χ4n) is 3.21. The molecule has 1 fully saturated rings. The molecule has 0 bridgehead atoms. The summed E-state index contributed by atoms with van der Waals surface area (Å²) in [6.45, 7) is 5.41. The Labute approximate surface area is 159 Å². The first-order valence-corrected chi connectivity index (χ1v) is 10.8. The van der Waals surface area contributed by atoms with Crippen molar-refractivity contribution in [2.75, 3.05) is 45.0 Å². The van der Waals surface area contributed by atoms with E-state index in [1.165, 1.54) is 6.20 Å². The van der Waals surface area contributed by atoms with Gasteiger partial charge < -0.3 is 5.32 Å². The largest absolute Gasteiger partial charge is 0.351 e. The number of carbonyl (C=O) groups excluding carboxylic acids is 1. The van der Waals surface area contributed by atoms with E-state index in [1.807, 2.05) is 19.1 Å². The molecule has 0 unspecified atom stereocenters. The highest BCUT2D eigenvalue weighted by Gasteiger charge is 2.25. The van der Waals surface area contributed by atoms with Crippen LogP contribution in [0.4, 0.5) is 0 Å². The van der Waals surface area contributed by atoms with Crippen LogP contribution >= 0.6 is 0 Å². The van der Waals surface area contributed by atoms with Crippen molar-refractivity contribution in [3.63, 3.8) is 0 Å². The van der Waals surface area contributed by atoms with Crippen molar-refractivity contribution in [2.24, 2.45) is 0 Å². The van der Waals surface area contributed by atoms with Crippen LogP contribution in [0.3, 0.4) is 0 Å². The highest BCUT2D eigenvalue weighted by Crippen LogP contribution is 2.14. The summed E-state index contributed by atoms with van der Waals surface area (Å²) in [6, 6.07) is 3.68. The topological polar surface area (TPSA) is 95.5 Å². The molecule has 1 aliphatic rings. The molecule has 0 spiro atoms. The molecule has 3 rings (SSSR count). The highest BCUT2D eigenvalue weighted by atomic mass is 32.2. The quantitative estimate of drug-likeness (QED) is 0.747. The smallest absolute Gasteiger partial charge is 0.255 e. The maximum absolute atomic E-state index is 12.5. The lowest BCUT2D eigenvalue weighted by Crippen LogP contribution is -2.50. The van der Waals surface area contributed by atoms with Crippen LogP contribution < -0.4 is 5.32 Å². The number of sulfonamides is 1. The van der Waals surface area contributed by atoms with Gasteiger partial charge in [-0.2, -0.15) is 4.31 Å². The zero-order valence-corrected chi connectivity index (χ0v) is 16.3. The first-order chi connectivity index (χ1) is 13.0. The van der Waals surface area contributed by atoms with Crippen molar-refractivity contribution in [3.8, 4) is 0 Å². The average molecular weight is 391 g/mol. The highest BCUT2D eigenvalue weighted by molar-refractivity contribution is 7.89. The minimum atomic E-state index is -3.12. The van der Waals surface area contributed by atoms with E-state index in [1.54, 1.807) is 16.7 Å². The van der Waals surface area contributed by atoms with Gasteiger partial charge >= 0.3 is 0 Å². The van der Waals surface area contributed by atoms with E-state index < -0.39 is 10.0 Å². The number of piperazine rings is 1. The number of nitrogens with zero attached hydrogens (tertiary/aromatic N) is 4. The summed E-state index contributed by atoms with van der Waals surface area (Å²) >= 11 is 0. The van der Waals surface area contributed by atoms with E-state index in [4.69, 9.17) is 0 Å². The van der Waals surface area contributed by atoms with Gasteiger partial charge in [0.25, 0.3) is 5.91 Å². The van der Waals surface area contributed by atoms with Crippen LogP contribution in [0.15, 0.2) is 30.7 Å². The number of amides is 1. The van der Waals surface area contributed by atoms with E-state index in [2.05, 4.69) is 20.2 Å². The number of rotatable bonds is 7. The van der Waals surface area contributed by atoms with Crippen LogP contribution in [0.2, 0.25) is 0 Å². The number of hydrogen-bond acceptors (Lipinski definition) is 6. The third-order valence-electron chi connectivity index (χ3n) is 4.66. The Hall–Kier alpha value is -2.10. The summed E-state index contributed by atoms with van der Waals surface area (Å²) in [6.07, 6.45) is 5.50. The van der Waals surface area contributed by atoms with Crippen molar-refractivity contribution in [1.29, 1.82) is 0 Å². The number of nitrogens with one attached hydrogen (secondary N) is 1. The number of pyridine rings is 2. The van der Waals surface area contributed by atoms with Crippen molar-refractivity contribution in [1.82, 2.24) is 24.5 Å². The van der Waals surface area contributed by atoms with Crippen molar-refractivity contribution in [2.45, 2.75) is 13.3 Å². The number of carbonyl (C=O) groups is 1. The zero-order chi connectivity index (χ0) is 19.3. The van der Waals surface area contributed by atoms with Crippen LogP contribution in [-0.4, -0.2) is 78.5 Å². The third-order valence-corrected chi connectivity index (χ3v) is 6.73. The van der Waals surface area contributed by atoms with Crippen molar-refractivity contribution < 1.29 is 13.2 Å². The summed E-state index contributed by atoms with van der Waals surface area (Å²) in [7, 11) is -3.12. The Bertz CT molecular complexity index is 890. The van der Waals surface area contributed by atoms with Gasteiger partial charge in [0.15, 0.2) is 0 Å². The van der Waals surface area contributed by atoms with Crippen LogP contribution in [0, 0.1) is 0 Å². The molecule has 0 aromatic carbocycles. The maximum atomic E-state index is 12.5. The summed E-state index contributed by atoms with van der Waals surface area (Å²) < 4.78 is 25.8. The molecule has 1 amide bonds. The Morgan fingerprint density at radius 3 is 2.74 bits per heavy atom. The summed E-state index contributed by atoms with van der Waals surface area (Å²) in [5.41, 5.74) is 1.10. The number of aromatic nitrogens is 2. The molecule has 2 aromatic rings. The molecular formula is C18H25N5O3S. The molecule has 0 saturated carbocycles. The standard InChI is InChI=1S/C18H25N5O3S/c1-2-12-27(25,26)23-10-8-22(9-11-23)7-6-21-18(24)16-14-19-13-15-4-3-5-20-17(15)16/h3-5,13-14H,2,6-12H2,1H3,(H,21,24). The number of hydrogen-bond donors (Lipinski definition) is 1. The van der Waals surface area contributed by atoms with Crippen LogP contribution in [0.25, 0.3) is 10.9 Å². The molecule has 146 valence electrons. The Morgan fingerprint density at radius 1 is 1.22 bits per heavy atom. The molecule has 0 aliphatic carbocycles. The van der Waals surface area contributed by atoms with E-state index in [-0.39, 0.29) is 11.7 Å². The molecular weight excluding hydrogens is 366 g/mol. The fourth-order valence-corrected chi connectivity index (χ4v) is 4.70. The molecule has 9 heteroatoms. The Kier molecular flexibility index (Phi) is 6.35. The summed E-state index contributed by atoms with van der Waals surface area (Å²) in [5, 5.41) is 3.74. The molecule has 8 nitrogen and oxygen atoms in total. The van der Waals surface area contributed by atoms with Gasteiger partial charge in [-0.15, -0.1) is 0 Å². The predicted molar refractivity (Wildman–Crippen MR) is 104 cm³/mol. The zero-order valence-electron chi connectivity index (χ0n) is 15.5. The summed E-state index contributed by atoms with van der Waals surface area (Å²) in [4.78, 5) is 23.0. The first kappa shape index (κ1) is 19.7. The second-order valence-electron chi connectivity index (χ2n) is 6.57. The van der Waals surface area contributed by atoms with E-state index >= 15 is 0 Å². The lowest BCUT2D eigenvalue weighted by Gasteiger charge is -2.33. The van der Waals surface area contributed by atoms with Gasteiger partial charge in [0.1, 0.15) is 0 Å².